The summed E-state index contributed by atoms with van der Waals surface area (Å²) in [6, 6.07) is 3.66. The number of hydrogen-bond acceptors (Lipinski definition) is 4. The third kappa shape index (κ3) is 3.96. The van der Waals surface area contributed by atoms with Crippen molar-refractivity contribution in [1.29, 1.82) is 0 Å². The van der Waals surface area contributed by atoms with Gasteiger partial charge in [-0.25, -0.2) is 4.98 Å². The quantitative estimate of drug-likeness (QED) is 0.825. The van der Waals surface area contributed by atoms with E-state index in [-0.39, 0.29) is 6.10 Å². The van der Waals surface area contributed by atoms with Crippen LogP contribution in [0.3, 0.4) is 0 Å². The van der Waals surface area contributed by atoms with Crippen LogP contribution in [-0.4, -0.2) is 41.7 Å². The van der Waals surface area contributed by atoms with Gasteiger partial charge in [0.15, 0.2) is 0 Å². The number of hydrogen-bond donors (Lipinski definition) is 2. The number of halogens is 1. The Morgan fingerprint density at radius 1 is 1.56 bits per heavy atom. The lowest BCUT2D eigenvalue weighted by Crippen LogP contribution is -2.27. The molecule has 0 aliphatic carbocycles. The van der Waals surface area contributed by atoms with Crippen LogP contribution >= 0.6 is 11.6 Å². The van der Waals surface area contributed by atoms with Crippen molar-refractivity contribution in [3.63, 3.8) is 0 Å². The van der Waals surface area contributed by atoms with Crippen molar-refractivity contribution in [3.8, 4) is 0 Å². The molecule has 0 aliphatic heterocycles. The van der Waals surface area contributed by atoms with E-state index >= 15 is 0 Å². The maximum absolute atomic E-state index is 9.26. The lowest BCUT2D eigenvalue weighted by atomic mass is 10.3. The van der Waals surface area contributed by atoms with Crippen molar-refractivity contribution in [2.45, 2.75) is 19.6 Å². The van der Waals surface area contributed by atoms with E-state index in [4.69, 9.17) is 11.6 Å². The minimum absolute atomic E-state index is 0.351. The standard InChI is InChI=1S/C11H18ClN3O/c1-8(16)6-15(3)7-10-9(12)4-5-11(13-2)14-10/h4-5,8,16H,6-7H2,1-3H3,(H,13,14). The molecule has 1 unspecified atom stereocenters. The number of anilines is 1. The minimum atomic E-state index is -0.351. The highest BCUT2D eigenvalue weighted by atomic mass is 35.5. The second-order valence-corrected chi connectivity index (χ2v) is 4.33. The Morgan fingerprint density at radius 3 is 2.81 bits per heavy atom. The highest BCUT2D eigenvalue weighted by Gasteiger charge is 2.08. The van der Waals surface area contributed by atoms with Crippen LogP contribution in [0.2, 0.25) is 5.02 Å². The maximum atomic E-state index is 9.26. The SMILES string of the molecule is CNc1ccc(Cl)c(CN(C)CC(C)O)n1. The second-order valence-electron chi connectivity index (χ2n) is 3.92. The zero-order chi connectivity index (χ0) is 12.1. The number of nitrogens with zero attached hydrogens (tertiary/aromatic N) is 2. The lowest BCUT2D eigenvalue weighted by molar-refractivity contribution is 0.138. The van der Waals surface area contributed by atoms with Crippen LogP contribution in [0.5, 0.6) is 0 Å². The van der Waals surface area contributed by atoms with E-state index in [0.29, 0.717) is 18.1 Å². The van der Waals surface area contributed by atoms with Gasteiger partial charge in [0.2, 0.25) is 0 Å². The van der Waals surface area contributed by atoms with E-state index < -0.39 is 0 Å². The first-order valence-electron chi connectivity index (χ1n) is 5.22. The molecule has 0 fully saturated rings. The Balaban J connectivity index is 2.71. The third-order valence-corrected chi connectivity index (χ3v) is 2.51. The fourth-order valence-electron chi connectivity index (χ4n) is 1.51. The highest BCUT2D eigenvalue weighted by molar-refractivity contribution is 6.31. The normalized spacial score (nSPS) is 12.9. The van der Waals surface area contributed by atoms with Crippen molar-refractivity contribution in [2.75, 3.05) is 26.0 Å². The van der Waals surface area contributed by atoms with E-state index in [9.17, 15) is 5.11 Å². The number of aromatic nitrogens is 1. The first-order valence-corrected chi connectivity index (χ1v) is 5.60. The van der Waals surface area contributed by atoms with Gasteiger partial charge in [-0.05, 0) is 26.1 Å². The summed E-state index contributed by atoms with van der Waals surface area (Å²) in [7, 11) is 3.75. The monoisotopic (exact) mass is 243 g/mol. The molecule has 1 rings (SSSR count). The summed E-state index contributed by atoms with van der Waals surface area (Å²) in [5, 5.41) is 12.9. The zero-order valence-electron chi connectivity index (χ0n) is 9.87. The smallest absolute Gasteiger partial charge is 0.126 e. The van der Waals surface area contributed by atoms with Gasteiger partial charge in [-0.3, -0.25) is 4.90 Å². The van der Waals surface area contributed by atoms with E-state index in [2.05, 4.69) is 10.3 Å². The molecule has 1 atom stereocenters. The Hall–Kier alpha value is -0.840. The predicted octanol–water partition coefficient (Wildman–Crippen LogP) is 1.59. The molecule has 0 aromatic carbocycles. The number of likely N-dealkylation sites (N-methyl/N-ethyl adjacent to an activating group) is 1. The van der Waals surface area contributed by atoms with Crippen LogP contribution in [0, 0.1) is 0 Å². The average molecular weight is 244 g/mol. The highest BCUT2D eigenvalue weighted by Crippen LogP contribution is 2.17. The van der Waals surface area contributed by atoms with Crippen LogP contribution in [0.1, 0.15) is 12.6 Å². The van der Waals surface area contributed by atoms with Crippen LogP contribution in [-0.2, 0) is 6.54 Å². The fourth-order valence-corrected chi connectivity index (χ4v) is 1.67. The molecule has 1 aromatic rings. The second kappa shape index (κ2) is 6.03. The van der Waals surface area contributed by atoms with E-state index in [1.807, 2.05) is 31.1 Å². The molecular weight excluding hydrogens is 226 g/mol. The third-order valence-electron chi connectivity index (χ3n) is 2.17. The van der Waals surface area contributed by atoms with Gasteiger partial charge in [-0.2, -0.15) is 0 Å². The molecule has 0 saturated heterocycles. The van der Waals surface area contributed by atoms with Gasteiger partial charge in [0.05, 0.1) is 16.8 Å². The van der Waals surface area contributed by atoms with Crippen LogP contribution in [0.4, 0.5) is 5.82 Å². The summed E-state index contributed by atoms with van der Waals surface area (Å²) >= 11 is 6.05. The number of aliphatic hydroxyl groups is 1. The first kappa shape index (κ1) is 13.2. The van der Waals surface area contributed by atoms with Crippen LogP contribution in [0.15, 0.2) is 12.1 Å². The van der Waals surface area contributed by atoms with Crippen LogP contribution < -0.4 is 5.32 Å². The summed E-state index contributed by atoms with van der Waals surface area (Å²) in [4.78, 5) is 6.36. The molecule has 0 amide bonds. The zero-order valence-corrected chi connectivity index (χ0v) is 10.6. The molecule has 0 saturated carbocycles. The van der Waals surface area contributed by atoms with Gasteiger partial charge in [0.25, 0.3) is 0 Å². The summed E-state index contributed by atoms with van der Waals surface area (Å²) < 4.78 is 0. The van der Waals surface area contributed by atoms with Crippen LogP contribution in [0.25, 0.3) is 0 Å². The van der Waals surface area contributed by atoms with Crippen molar-refractivity contribution < 1.29 is 5.11 Å². The summed E-state index contributed by atoms with van der Waals surface area (Å²) in [6.07, 6.45) is -0.351. The van der Waals surface area contributed by atoms with E-state index in [1.165, 1.54) is 0 Å². The predicted molar refractivity (Wildman–Crippen MR) is 66.8 cm³/mol. The molecule has 1 aromatic heterocycles. The number of rotatable bonds is 5. The average Bonchev–Trinajstić information content (AvgIpc) is 2.20. The van der Waals surface area contributed by atoms with Gasteiger partial charge in [0, 0.05) is 20.1 Å². The van der Waals surface area contributed by atoms with Gasteiger partial charge in [-0.1, -0.05) is 11.6 Å². The Bertz CT molecular complexity index is 344. The Labute approximate surface area is 101 Å². The van der Waals surface area contributed by atoms with Gasteiger partial charge in [0.1, 0.15) is 5.82 Å². The lowest BCUT2D eigenvalue weighted by Gasteiger charge is -2.18. The fraction of sp³-hybridized carbons (Fsp3) is 0.545. The molecule has 0 spiro atoms. The van der Waals surface area contributed by atoms with Crippen molar-refractivity contribution in [1.82, 2.24) is 9.88 Å². The molecule has 16 heavy (non-hydrogen) atoms. The molecule has 0 radical (unpaired) electrons. The molecule has 2 N–H and O–H groups in total. The Kier molecular flexibility index (Phi) is 4.99. The molecule has 90 valence electrons. The van der Waals surface area contributed by atoms with Gasteiger partial charge >= 0.3 is 0 Å². The van der Waals surface area contributed by atoms with Gasteiger partial charge < -0.3 is 10.4 Å². The molecule has 1 heterocycles. The molecular formula is C11H18ClN3O. The topological polar surface area (TPSA) is 48.4 Å². The number of nitrogens with one attached hydrogen (secondary N) is 1. The molecule has 0 bridgehead atoms. The summed E-state index contributed by atoms with van der Waals surface area (Å²) in [5.41, 5.74) is 0.816. The maximum Gasteiger partial charge on any atom is 0.126 e. The van der Waals surface area contributed by atoms with E-state index in [1.54, 1.807) is 6.92 Å². The number of aliphatic hydroxyl groups excluding tert-OH is 1. The Morgan fingerprint density at radius 2 is 2.25 bits per heavy atom. The first-order chi connectivity index (χ1) is 7.52. The van der Waals surface area contributed by atoms with Crippen molar-refractivity contribution in [2.24, 2.45) is 0 Å². The molecule has 4 nitrogen and oxygen atoms in total. The number of pyridine rings is 1. The summed E-state index contributed by atoms with van der Waals surface area (Å²) in [5.74, 6) is 0.796. The van der Waals surface area contributed by atoms with Crippen molar-refractivity contribution in [3.05, 3.63) is 22.8 Å². The molecule has 5 heteroatoms. The van der Waals surface area contributed by atoms with Crippen molar-refractivity contribution >= 4 is 17.4 Å². The largest absolute Gasteiger partial charge is 0.392 e. The molecule has 0 aliphatic rings. The minimum Gasteiger partial charge on any atom is -0.392 e. The van der Waals surface area contributed by atoms with E-state index in [0.717, 1.165) is 11.5 Å². The van der Waals surface area contributed by atoms with Gasteiger partial charge in [-0.15, -0.1) is 0 Å². The summed E-state index contributed by atoms with van der Waals surface area (Å²) in [6.45, 7) is 2.98.